The Balaban J connectivity index is 0.000000309. The molecule has 2 aromatic carbocycles. The predicted molar refractivity (Wildman–Crippen MR) is 82.2 cm³/mol. The first-order chi connectivity index (χ1) is 10.4. The van der Waals surface area contributed by atoms with Gasteiger partial charge < -0.3 is 19.1 Å². The normalized spacial score (nSPS) is 10.9. The van der Waals surface area contributed by atoms with Gasteiger partial charge in [-0.1, -0.05) is 42.5 Å². The molecule has 0 saturated heterocycles. The highest BCUT2D eigenvalue weighted by Crippen LogP contribution is 2.25. The molecule has 3 N–H and O–H groups in total. The van der Waals surface area contributed by atoms with Crippen LogP contribution in [0.1, 0.15) is 0 Å². The lowest BCUT2D eigenvalue weighted by atomic mass is 10.1. The van der Waals surface area contributed by atoms with Gasteiger partial charge in [-0.2, -0.15) is 0 Å². The molecule has 22 heavy (non-hydrogen) atoms. The van der Waals surface area contributed by atoms with Crippen LogP contribution >= 0.6 is 7.82 Å². The van der Waals surface area contributed by atoms with Gasteiger partial charge in [-0.25, -0.2) is 4.57 Å². The standard InChI is InChI=1S/C15H10O2.H3O4P/c16-15-12-8-4-5-9-14(12)17-10-13(15)11-6-2-1-3-7-11;1-5(2,3)4/h1-10H;(H3,1,2,3,4). The monoisotopic (exact) mass is 320 g/mol. The largest absolute Gasteiger partial charge is 0.466 e. The van der Waals surface area contributed by atoms with Crippen LogP contribution in [0.2, 0.25) is 0 Å². The fourth-order valence-corrected chi connectivity index (χ4v) is 1.89. The van der Waals surface area contributed by atoms with Crippen molar-refractivity contribution >= 4 is 18.8 Å². The second-order valence-electron chi connectivity index (χ2n) is 4.35. The highest BCUT2D eigenvalue weighted by Gasteiger charge is 2.07. The summed E-state index contributed by atoms with van der Waals surface area (Å²) in [7, 11) is -4.64. The van der Waals surface area contributed by atoms with E-state index in [-0.39, 0.29) is 5.43 Å². The molecule has 0 radical (unpaired) electrons. The van der Waals surface area contributed by atoms with Crippen molar-refractivity contribution in [1.82, 2.24) is 0 Å². The Kier molecular flexibility index (Phi) is 4.90. The summed E-state index contributed by atoms with van der Waals surface area (Å²) in [4.78, 5) is 33.8. The minimum atomic E-state index is -4.64. The van der Waals surface area contributed by atoms with E-state index in [0.717, 1.165) is 5.56 Å². The summed E-state index contributed by atoms with van der Waals surface area (Å²) in [6.07, 6.45) is 1.53. The van der Waals surface area contributed by atoms with Crippen LogP contribution in [-0.4, -0.2) is 14.7 Å². The van der Waals surface area contributed by atoms with E-state index in [9.17, 15) is 4.79 Å². The van der Waals surface area contributed by atoms with Gasteiger partial charge in [0.2, 0.25) is 0 Å². The maximum Gasteiger partial charge on any atom is 0.466 e. The van der Waals surface area contributed by atoms with Crippen molar-refractivity contribution in [3.8, 4) is 11.1 Å². The molecule has 0 aliphatic rings. The van der Waals surface area contributed by atoms with Crippen LogP contribution in [0.25, 0.3) is 22.1 Å². The Morgan fingerprint density at radius 3 is 2.05 bits per heavy atom. The van der Waals surface area contributed by atoms with Gasteiger partial charge in [-0.15, -0.1) is 0 Å². The van der Waals surface area contributed by atoms with Crippen molar-refractivity contribution in [2.75, 3.05) is 0 Å². The van der Waals surface area contributed by atoms with Gasteiger partial charge in [-0.05, 0) is 17.7 Å². The molecule has 114 valence electrons. The molecule has 0 aliphatic carbocycles. The van der Waals surface area contributed by atoms with E-state index in [0.29, 0.717) is 16.5 Å². The van der Waals surface area contributed by atoms with E-state index in [1.54, 1.807) is 12.1 Å². The van der Waals surface area contributed by atoms with Crippen LogP contribution in [0.5, 0.6) is 0 Å². The molecule has 0 saturated carbocycles. The Labute approximate surface area is 125 Å². The minimum absolute atomic E-state index is 0.0121. The summed E-state index contributed by atoms with van der Waals surface area (Å²) < 4.78 is 14.4. The summed E-state index contributed by atoms with van der Waals surface area (Å²) in [6, 6.07) is 16.8. The molecule has 0 bridgehead atoms. The van der Waals surface area contributed by atoms with Gasteiger partial charge >= 0.3 is 7.82 Å². The Hall–Kier alpha value is -2.24. The Bertz CT molecular complexity index is 858. The number of hydrogen-bond acceptors (Lipinski definition) is 3. The number of phosphoric acid groups is 1. The number of rotatable bonds is 1. The molecule has 0 spiro atoms. The number of para-hydroxylation sites is 1. The third-order valence-electron chi connectivity index (χ3n) is 2.76. The zero-order valence-corrected chi connectivity index (χ0v) is 12.2. The molecule has 1 aromatic heterocycles. The summed E-state index contributed by atoms with van der Waals surface area (Å²) >= 11 is 0. The van der Waals surface area contributed by atoms with E-state index < -0.39 is 7.82 Å². The maximum atomic E-state index is 12.3. The summed E-state index contributed by atoms with van der Waals surface area (Å²) in [5.74, 6) is 0. The first-order valence-corrected chi connectivity index (χ1v) is 7.77. The Morgan fingerprint density at radius 2 is 1.41 bits per heavy atom. The molecule has 3 rings (SSSR count). The first-order valence-electron chi connectivity index (χ1n) is 6.20. The lowest BCUT2D eigenvalue weighted by molar-refractivity contribution is 0.275. The van der Waals surface area contributed by atoms with Gasteiger partial charge in [-0.3, -0.25) is 4.79 Å². The maximum absolute atomic E-state index is 12.3. The SMILES string of the molecule is O=P(O)(O)O.O=c1c(-c2ccccc2)coc2ccccc12. The topological polar surface area (TPSA) is 108 Å². The van der Waals surface area contributed by atoms with E-state index in [1.807, 2.05) is 42.5 Å². The van der Waals surface area contributed by atoms with Crippen molar-refractivity contribution in [2.45, 2.75) is 0 Å². The molecular formula is C15H13O6P. The number of benzene rings is 2. The van der Waals surface area contributed by atoms with Gasteiger partial charge in [0, 0.05) is 0 Å². The molecule has 1 heterocycles. The van der Waals surface area contributed by atoms with Crippen molar-refractivity contribution in [3.63, 3.8) is 0 Å². The summed E-state index contributed by atoms with van der Waals surface area (Å²) in [6.45, 7) is 0. The average molecular weight is 320 g/mol. The van der Waals surface area contributed by atoms with Crippen molar-refractivity contribution in [2.24, 2.45) is 0 Å². The average Bonchev–Trinajstić information content (AvgIpc) is 2.47. The lowest BCUT2D eigenvalue weighted by Crippen LogP contribution is -2.04. The van der Waals surface area contributed by atoms with E-state index >= 15 is 0 Å². The molecule has 0 unspecified atom stereocenters. The quantitative estimate of drug-likeness (QED) is 0.595. The van der Waals surface area contributed by atoms with Crippen LogP contribution < -0.4 is 5.43 Å². The second-order valence-corrected chi connectivity index (χ2v) is 5.38. The Morgan fingerprint density at radius 1 is 0.864 bits per heavy atom. The van der Waals surface area contributed by atoms with Crippen LogP contribution in [0.4, 0.5) is 0 Å². The summed E-state index contributed by atoms with van der Waals surface area (Å²) in [5.41, 5.74) is 2.12. The van der Waals surface area contributed by atoms with Gasteiger partial charge in [0.25, 0.3) is 0 Å². The van der Waals surface area contributed by atoms with Crippen LogP contribution in [0.15, 0.2) is 70.1 Å². The second kappa shape index (κ2) is 6.68. The molecule has 3 aromatic rings. The third-order valence-corrected chi connectivity index (χ3v) is 2.76. The fourth-order valence-electron chi connectivity index (χ4n) is 1.89. The molecule has 7 heteroatoms. The van der Waals surface area contributed by atoms with E-state index in [2.05, 4.69) is 0 Å². The van der Waals surface area contributed by atoms with Crippen molar-refractivity contribution < 1.29 is 23.7 Å². The van der Waals surface area contributed by atoms with Gasteiger partial charge in [0.15, 0.2) is 5.43 Å². The van der Waals surface area contributed by atoms with Crippen LogP contribution in [0, 0.1) is 0 Å². The van der Waals surface area contributed by atoms with Gasteiger partial charge in [0.05, 0.1) is 10.9 Å². The van der Waals surface area contributed by atoms with Gasteiger partial charge in [0.1, 0.15) is 11.8 Å². The lowest BCUT2D eigenvalue weighted by Gasteiger charge is -2.01. The van der Waals surface area contributed by atoms with Crippen molar-refractivity contribution in [3.05, 3.63) is 71.1 Å². The molecular weight excluding hydrogens is 307 g/mol. The van der Waals surface area contributed by atoms with E-state index in [1.165, 1.54) is 6.26 Å². The molecule has 0 fully saturated rings. The smallest absolute Gasteiger partial charge is 0.463 e. The number of hydrogen-bond donors (Lipinski definition) is 3. The molecule has 0 amide bonds. The van der Waals surface area contributed by atoms with Crippen molar-refractivity contribution in [1.29, 1.82) is 0 Å². The third kappa shape index (κ3) is 4.38. The summed E-state index contributed by atoms with van der Waals surface area (Å²) in [5, 5.41) is 0.619. The number of fused-ring (bicyclic) bond motifs is 1. The molecule has 0 aliphatic heterocycles. The van der Waals surface area contributed by atoms with Crippen LogP contribution in [0.3, 0.4) is 0 Å². The minimum Gasteiger partial charge on any atom is -0.463 e. The molecule has 0 atom stereocenters. The highest BCUT2D eigenvalue weighted by atomic mass is 31.2. The molecule has 6 nitrogen and oxygen atoms in total. The van der Waals surface area contributed by atoms with E-state index in [4.69, 9.17) is 23.7 Å². The zero-order chi connectivity index (χ0) is 16.2. The zero-order valence-electron chi connectivity index (χ0n) is 11.3. The highest BCUT2D eigenvalue weighted by molar-refractivity contribution is 7.45. The predicted octanol–water partition coefficient (Wildman–Crippen LogP) is 2.53. The van der Waals surface area contributed by atoms with Crippen LogP contribution in [-0.2, 0) is 4.57 Å². The first kappa shape index (κ1) is 16.1. The fraction of sp³-hybridized carbons (Fsp3) is 0.